The number of rotatable bonds is 4. The maximum Gasteiger partial charge on any atom is 0.264 e. The summed E-state index contributed by atoms with van der Waals surface area (Å²) in [5, 5.41) is 0. The van der Waals surface area contributed by atoms with Crippen molar-refractivity contribution in [2.45, 2.75) is 4.90 Å². The van der Waals surface area contributed by atoms with Crippen LogP contribution >= 0.6 is 0 Å². The standard InChI is InChI=1S/C13H12F2N2O3S/c1-20-12-7-9(3-5-10(12)14)17-21(18,19)13-6-8(16)2-4-11(13)15/h2-7,17H,16H2,1H3. The molecule has 0 heterocycles. The zero-order valence-electron chi connectivity index (χ0n) is 10.9. The lowest BCUT2D eigenvalue weighted by atomic mass is 10.3. The molecule has 0 aliphatic rings. The van der Waals surface area contributed by atoms with Crippen molar-refractivity contribution in [2.24, 2.45) is 0 Å². The van der Waals surface area contributed by atoms with E-state index in [0.29, 0.717) is 0 Å². The van der Waals surface area contributed by atoms with Gasteiger partial charge in [0.25, 0.3) is 10.0 Å². The van der Waals surface area contributed by atoms with Gasteiger partial charge < -0.3 is 10.5 Å². The summed E-state index contributed by atoms with van der Waals surface area (Å²) in [6, 6.07) is 6.58. The summed E-state index contributed by atoms with van der Waals surface area (Å²) >= 11 is 0. The van der Waals surface area contributed by atoms with Gasteiger partial charge in [-0.2, -0.15) is 0 Å². The van der Waals surface area contributed by atoms with E-state index in [2.05, 4.69) is 4.72 Å². The largest absolute Gasteiger partial charge is 0.494 e. The number of nitrogens with one attached hydrogen (secondary N) is 1. The molecule has 0 saturated carbocycles. The van der Waals surface area contributed by atoms with E-state index >= 15 is 0 Å². The second kappa shape index (κ2) is 5.57. The third-order valence-electron chi connectivity index (χ3n) is 2.65. The number of ether oxygens (including phenoxy) is 1. The van der Waals surface area contributed by atoms with Crippen LogP contribution in [0.3, 0.4) is 0 Å². The second-order valence-corrected chi connectivity index (χ2v) is 5.80. The third-order valence-corrected chi connectivity index (χ3v) is 4.04. The van der Waals surface area contributed by atoms with Crippen LogP contribution in [0.4, 0.5) is 20.2 Å². The van der Waals surface area contributed by atoms with Gasteiger partial charge in [0.05, 0.1) is 12.8 Å². The smallest absolute Gasteiger partial charge is 0.264 e. The SMILES string of the molecule is COc1cc(NS(=O)(=O)c2cc(N)ccc2F)ccc1F. The minimum absolute atomic E-state index is 0.0371. The second-order valence-electron chi connectivity index (χ2n) is 4.14. The van der Waals surface area contributed by atoms with E-state index in [1.54, 1.807) is 0 Å². The molecule has 21 heavy (non-hydrogen) atoms. The maximum atomic E-state index is 13.6. The van der Waals surface area contributed by atoms with Crippen LogP contribution in [0.15, 0.2) is 41.3 Å². The fraction of sp³-hybridized carbons (Fsp3) is 0.0769. The lowest BCUT2D eigenvalue weighted by Crippen LogP contribution is -2.15. The predicted molar refractivity (Wildman–Crippen MR) is 74.6 cm³/mol. The summed E-state index contributed by atoms with van der Waals surface area (Å²) in [7, 11) is -2.94. The Labute approximate surface area is 120 Å². The van der Waals surface area contributed by atoms with Crippen molar-refractivity contribution in [1.82, 2.24) is 0 Å². The molecule has 2 rings (SSSR count). The number of sulfonamides is 1. The summed E-state index contributed by atoms with van der Waals surface area (Å²) in [6.07, 6.45) is 0. The summed E-state index contributed by atoms with van der Waals surface area (Å²) in [5.41, 5.74) is 5.60. The van der Waals surface area contributed by atoms with Gasteiger partial charge in [-0.05, 0) is 30.3 Å². The summed E-state index contributed by atoms with van der Waals surface area (Å²) in [4.78, 5) is -0.592. The zero-order valence-corrected chi connectivity index (χ0v) is 11.7. The number of hydrogen-bond acceptors (Lipinski definition) is 4. The van der Waals surface area contributed by atoms with Gasteiger partial charge >= 0.3 is 0 Å². The average molecular weight is 314 g/mol. The number of methoxy groups -OCH3 is 1. The highest BCUT2D eigenvalue weighted by atomic mass is 32.2. The molecule has 2 aromatic rings. The lowest BCUT2D eigenvalue weighted by Gasteiger charge is -2.11. The third kappa shape index (κ3) is 3.22. The number of halogens is 2. The highest BCUT2D eigenvalue weighted by Gasteiger charge is 2.20. The molecule has 0 radical (unpaired) electrons. The highest BCUT2D eigenvalue weighted by Crippen LogP contribution is 2.25. The fourth-order valence-corrected chi connectivity index (χ4v) is 2.82. The summed E-state index contributed by atoms with van der Waals surface area (Å²) in [5.74, 6) is -1.72. The van der Waals surface area contributed by atoms with Gasteiger partial charge in [-0.3, -0.25) is 4.72 Å². The van der Waals surface area contributed by atoms with Crippen LogP contribution in [0.2, 0.25) is 0 Å². The molecule has 5 nitrogen and oxygen atoms in total. The Balaban J connectivity index is 2.40. The topological polar surface area (TPSA) is 81.4 Å². The Morgan fingerprint density at radius 3 is 2.43 bits per heavy atom. The van der Waals surface area contributed by atoms with Crippen LogP contribution < -0.4 is 15.2 Å². The van der Waals surface area contributed by atoms with Crippen LogP contribution in [0.5, 0.6) is 5.75 Å². The average Bonchev–Trinajstić information content (AvgIpc) is 2.43. The van der Waals surface area contributed by atoms with Crippen molar-refractivity contribution in [3.05, 3.63) is 48.0 Å². The van der Waals surface area contributed by atoms with Gasteiger partial charge in [0.2, 0.25) is 0 Å². The summed E-state index contributed by atoms with van der Waals surface area (Å²) in [6.45, 7) is 0. The molecule has 0 bridgehead atoms. The number of hydrogen-bond donors (Lipinski definition) is 2. The normalized spacial score (nSPS) is 11.2. The first-order chi connectivity index (χ1) is 9.83. The highest BCUT2D eigenvalue weighted by molar-refractivity contribution is 7.92. The summed E-state index contributed by atoms with van der Waals surface area (Å²) < 4.78 is 58.0. The molecule has 0 unspecified atom stereocenters. The van der Waals surface area contributed by atoms with E-state index in [9.17, 15) is 17.2 Å². The molecule has 0 aliphatic carbocycles. The first-order valence-electron chi connectivity index (χ1n) is 5.75. The van der Waals surface area contributed by atoms with E-state index in [-0.39, 0.29) is 17.1 Å². The van der Waals surface area contributed by atoms with Gasteiger partial charge in [0.1, 0.15) is 10.7 Å². The minimum atomic E-state index is -4.19. The predicted octanol–water partition coefficient (Wildman–Crippen LogP) is 2.36. The molecule has 3 N–H and O–H groups in total. The Bertz CT molecular complexity index is 779. The maximum absolute atomic E-state index is 13.6. The molecule has 0 atom stereocenters. The van der Waals surface area contributed by atoms with Gasteiger partial charge in [0, 0.05) is 11.8 Å². The molecule has 0 aliphatic heterocycles. The van der Waals surface area contributed by atoms with Crippen molar-refractivity contribution in [3.63, 3.8) is 0 Å². The van der Waals surface area contributed by atoms with Gasteiger partial charge in [0.15, 0.2) is 11.6 Å². The number of anilines is 2. The quantitative estimate of drug-likeness (QED) is 0.849. The Hall–Kier alpha value is -2.35. The molecule has 0 amide bonds. The number of nitrogen functional groups attached to an aromatic ring is 1. The zero-order chi connectivity index (χ0) is 15.6. The van der Waals surface area contributed by atoms with Gasteiger partial charge in [-0.1, -0.05) is 0 Å². The molecule has 0 aromatic heterocycles. The van der Waals surface area contributed by atoms with E-state index in [4.69, 9.17) is 10.5 Å². The molecule has 2 aromatic carbocycles. The fourth-order valence-electron chi connectivity index (χ4n) is 1.66. The molecule has 0 saturated heterocycles. The van der Waals surface area contributed by atoms with Crippen molar-refractivity contribution in [3.8, 4) is 5.75 Å². The van der Waals surface area contributed by atoms with Crippen LogP contribution in [-0.4, -0.2) is 15.5 Å². The Kier molecular flexibility index (Phi) is 3.99. The van der Waals surface area contributed by atoms with Crippen LogP contribution in [0, 0.1) is 11.6 Å². The Morgan fingerprint density at radius 1 is 1.10 bits per heavy atom. The first kappa shape index (κ1) is 15.0. The van der Waals surface area contributed by atoms with Crippen LogP contribution in [0.25, 0.3) is 0 Å². The van der Waals surface area contributed by atoms with E-state index in [1.807, 2.05) is 0 Å². The van der Waals surface area contributed by atoms with Gasteiger partial charge in [-0.15, -0.1) is 0 Å². The number of benzene rings is 2. The van der Waals surface area contributed by atoms with Gasteiger partial charge in [-0.25, -0.2) is 17.2 Å². The van der Waals surface area contributed by atoms with Crippen molar-refractivity contribution >= 4 is 21.4 Å². The molecule has 0 fully saturated rings. The van der Waals surface area contributed by atoms with Crippen LogP contribution in [-0.2, 0) is 10.0 Å². The molecule has 112 valence electrons. The molecule has 0 spiro atoms. The molecular formula is C13H12F2N2O3S. The molecular weight excluding hydrogens is 302 g/mol. The van der Waals surface area contributed by atoms with E-state index in [0.717, 1.165) is 24.3 Å². The Morgan fingerprint density at radius 2 is 1.76 bits per heavy atom. The van der Waals surface area contributed by atoms with Crippen molar-refractivity contribution < 1.29 is 21.9 Å². The van der Waals surface area contributed by atoms with Crippen LogP contribution in [0.1, 0.15) is 0 Å². The van der Waals surface area contributed by atoms with E-state index < -0.39 is 26.6 Å². The van der Waals surface area contributed by atoms with Crippen molar-refractivity contribution in [1.29, 1.82) is 0 Å². The number of nitrogens with two attached hydrogens (primary N) is 1. The lowest BCUT2D eigenvalue weighted by molar-refractivity contribution is 0.387. The van der Waals surface area contributed by atoms with Crippen molar-refractivity contribution in [2.75, 3.05) is 17.6 Å². The molecule has 8 heteroatoms. The van der Waals surface area contributed by atoms with E-state index in [1.165, 1.54) is 19.2 Å². The first-order valence-corrected chi connectivity index (χ1v) is 7.23. The monoisotopic (exact) mass is 314 g/mol. The minimum Gasteiger partial charge on any atom is -0.494 e.